The minimum absolute atomic E-state index is 0.00176. The Kier molecular flexibility index (Phi) is 4.39. The van der Waals surface area contributed by atoms with Crippen LogP contribution in [0.5, 0.6) is 0 Å². The van der Waals surface area contributed by atoms with Gasteiger partial charge >= 0.3 is 0 Å². The fourth-order valence-electron chi connectivity index (χ4n) is 3.37. The number of amides is 2. The zero-order valence-electron chi connectivity index (χ0n) is 13.3. The molecule has 0 aromatic carbocycles. The first kappa shape index (κ1) is 16.3. The van der Waals surface area contributed by atoms with Crippen molar-refractivity contribution in [2.24, 2.45) is 5.41 Å². The molecule has 0 aromatic heterocycles. The average molecular weight is 313 g/mol. The number of nitrogens with one attached hydrogen (secondary N) is 1. The molecule has 21 heavy (non-hydrogen) atoms. The van der Waals surface area contributed by atoms with E-state index < -0.39 is 11.6 Å². The molecule has 2 amide bonds. The number of hydrogen-bond donors (Lipinski definition) is 1. The predicted octanol–water partition coefficient (Wildman–Crippen LogP) is 2.81. The lowest BCUT2D eigenvalue weighted by molar-refractivity contribution is -0.159. The van der Waals surface area contributed by atoms with Crippen LogP contribution in [-0.2, 0) is 9.59 Å². The largest absolute Gasteiger partial charge is 0.342 e. The van der Waals surface area contributed by atoms with Gasteiger partial charge in [-0.2, -0.15) is 0 Å². The van der Waals surface area contributed by atoms with Crippen molar-refractivity contribution in [2.45, 2.75) is 65.0 Å². The topological polar surface area (TPSA) is 49.4 Å². The lowest BCUT2D eigenvalue weighted by Crippen LogP contribution is -2.72. The van der Waals surface area contributed by atoms with E-state index in [2.05, 4.69) is 5.32 Å². The van der Waals surface area contributed by atoms with Gasteiger partial charge in [-0.1, -0.05) is 45.2 Å². The van der Waals surface area contributed by atoms with Crippen LogP contribution in [0.3, 0.4) is 0 Å². The smallest absolute Gasteiger partial charge is 0.246 e. The highest BCUT2D eigenvalue weighted by Gasteiger charge is 2.55. The average Bonchev–Trinajstić information content (AvgIpc) is 2.88. The number of nitrogens with zero attached hydrogens (tertiary/aromatic N) is 1. The second-order valence-electron chi connectivity index (χ2n) is 7.39. The first-order valence-electron chi connectivity index (χ1n) is 7.61. The van der Waals surface area contributed by atoms with Gasteiger partial charge < -0.3 is 10.2 Å². The second kappa shape index (κ2) is 5.64. The molecule has 1 aliphatic heterocycles. The molecule has 118 valence electrons. The normalized spacial score (nSPS) is 26.4. The highest BCUT2D eigenvalue weighted by molar-refractivity contribution is 6.25. The van der Waals surface area contributed by atoms with Crippen molar-refractivity contribution in [3.8, 4) is 0 Å². The van der Waals surface area contributed by atoms with Crippen molar-refractivity contribution in [1.82, 2.24) is 10.2 Å². The summed E-state index contributed by atoms with van der Waals surface area (Å²) in [6, 6.07) is -0.473. The van der Waals surface area contributed by atoms with Crippen LogP contribution in [0.4, 0.5) is 0 Å². The molecule has 1 atom stereocenters. The van der Waals surface area contributed by atoms with Crippen LogP contribution in [-0.4, -0.2) is 34.8 Å². The van der Waals surface area contributed by atoms with Crippen molar-refractivity contribution in [3.05, 3.63) is 11.1 Å². The Hall–Kier alpha value is -1.03. The molecule has 1 saturated carbocycles. The molecule has 1 unspecified atom stereocenters. The van der Waals surface area contributed by atoms with Gasteiger partial charge in [0, 0.05) is 12.1 Å². The highest BCUT2D eigenvalue weighted by atomic mass is 35.5. The molecule has 4 nitrogen and oxygen atoms in total. The molecule has 1 spiro atoms. The Labute approximate surface area is 131 Å². The third-order valence-corrected chi connectivity index (χ3v) is 4.99. The van der Waals surface area contributed by atoms with Crippen molar-refractivity contribution >= 4 is 23.4 Å². The van der Waals surface area contributed by atoms with E-state index in [1.807, 2.05) is 27.7 Å². The first-order chi connectivity index (χ1) is 9.72. The monoisotopic (exact) mass is 312 g/mol. The number of carbonyl (C=O) groups is 2. The van der Waals surface area contributed by atoms with Crippen molar-refractivity contribution in [3.63, 3.8) is 0 Å². The Morgan fingerprint density at radius 2 is 1.95 bits per heavy atom. The molecule has 1 aliphatic carbocycles. The van der Waals surface area contributed by atoms with Gasteiger partial charge in [-0.3, -0.25) is 9.59 Å². The van der Waals surface area contributed by atoms with Crippen molar-refractivity contribution in [1.29, 1.82) is 0 Å². The van der Waals surface area contributed by atoms with Crippen LogP contribution < -0.4 is 5.32 Å². The van der Waals surface area contributed by atoms with Crippen molar-refractivity contribution < 1.29 is 9.59 Å². The molecule has 2 rings (SSSR count). The quantitative estimate of drug-likeness (QED) is 0.852. The van der Waals surface area contributed by atoms with Gasteiger partial charge in [-0.15, -0.1) is 0 Å². The van der Waals surface area contributed by atoms with E-state index in [1.165, 1.54) is 5.54 Å². The van der Waals surface area contributed by atoms with E-state index >= 15 is 0 Å². The Balaban J connectivity index is 2.40. The van der Waals surface area contributed by atoms with E-state index in [4.69, 9.17) is 11.6 Å². The highest BCUT2D eigenvalue weighted by Crippen LogP contribution is 2.40. The summed E-state index contributed by atoms with van der Waals surface area (Å²) in [5.74, 6) is 0.0174. The summed E-state index contributed by atoms with van der Waals surface area (Å²) in [6.07, 6.45) is 3.47. The van der Waals surface area contributed by atoms with E-state index in [-0.39, 0.29) is 17.2 Å². The van der Waals surface area contributed by atoms with Crippen molar-refractivity contribution in [2.75, 3.05) is 6.54 Å². The van der Waals surface area contributed by atoms with Crippen LogP contribution >= 0.6 is 11.6 Å². The molecule has 1 saturated heterocycles. The molecule has 0 bridgehead atoms. The van der Waals surface area contributed by atoms with Gasteiger partial charge in [0.05, 0.1) is 0 Å². The molecule has 1 N–H and O–H groups in total. The minimum atomic E-state index is -0.667. The van der Waals surface area contributed by atoms with E-state index in [9.17, 15) is 9.59 Å². The molecular formula is C16H25ClN2O2. The minimum Gasteiger partial charge on any atom is -0.342 e. The molecular weight excluding hydrogens is 288 g/mol. The fourth-order valence-corrected chi connectivity index (χ4v) is 3.44. The summed E-state index contributed by atoms with van der Waals surface area (Å²) >= 11 is 5.78. The summed E-state index contributed by atoms with van der Waals surface area (Å²) in [5, 5.41) is 2.98. The zero-order chi connectivity index (χ0) is 15.8. The zero-order valence-corrected chi connectivity index (χ0v) is 14.1. The molecule has 5 heteroatoms. The number of rotatable bonds is 2. The molecule has 2 aliphatic rings. The molecule has 0 radical (unpaired) electrons. The number of carbonyl (C=O) groups excluding carboxylic acids is 2. The number of hydrogen-bond acceptors (Lipinski definition) is 2. The standard InChI is InChI=1S/C16H25ClN2O2/c1-11(9-17)10-19-13(20)12(15(2,3)4)18-14(21)16(19)7-5-6-8-16/h9,12H,5-8,10H2,1-4H3,(H,18,21). The summed E-state index contributed by atoms with van der Waals surface area (Å²) < 4.78 is 0. The van der Waals surface area contributed by atoms with Gasteiger partial charge in [0.1, 0.15) is 11.6 Å². The van der Waals surface area contributed by atoms with Crippen LogP contribution in [0.1, 0.15) is 53.4 Å². The maximum atomic E-state index is 13.0. The molecule has 1 heterocycles. The Morgan fingerprint density at radius 3 is 2.43 bits per heavy atom. The third-order valence-electron chi connectivity index (χ3n) is 4.62. The Morgan fingerprint density at radius 1 is 1.38 bits per heavy atom. The van der Waals surface area contributed by atoms with Gasteiger partial charge in [-0.25, -0.2) is 0 Å². The SMILES string of the molecule is CC(=CCl)CN1C(=O)C(C(C)(C)C)NC(=O)C12CCCC2. The predicted molar refractivity (Wildman–Crippen MR) is 83.9 cm³/mol. The maximum absolute atomic E-state index is 13.0. The van der Waals surface area contributed by atoms with Crippen LogP contribution in [0.15, 0.2) is 11.1 Å². The van der Waals surface area contributed by atoms with E-state index in [0.717, 1.165) is 31.3 Å². The summed E-state index contributed by atoms with van der Waals surface area (Å²) in [5.41, 5.74) is 1.43. The number of halogens is 1. The Bertz CT molecular complexity index is 473. The van der Waals surface area contributed by atoms with E-state index in [0.29, 0.717) is 6.54 Å². The summed E-state index contributed by atoms with van der Waals surface area (Å²) in [7, 11) is 0. The third kappa shape index (κ3) is 2.83. The number of piperazine rings is 1. The molecule has 2 fully saturated rings. The van der Waals surface area contributed by atoms with E-state index in [1.54, 1.807) is 4.90 Å². The molecule has 0 aromatic rings. The van der Waals surface area contributed by atoms with Crippen LogP contribution in [0.2, 0.25) is 0 Å². The fraction of sp³-hybridized carbons (Fsp3) is 0.750. The first-order valence-corrected chi connectivity index (χ1v) is 8.04. The maximum Gasteiger partial charge on any atom is 0.246 e. The second-order valence-corrected chi connectivity index (χ2v) is 7.61. The lowest BCUT2D eigenvalue weighted by atomic mass is 9.80. The summed E-state index contributed by atoms with van der Waals surface area (Å²) in [6.45, 7) is 8.25. The van der Waals surface area contributed by atoms with Gasteiger partial charge in [0.15, 0.2) is 0 Å². The van der Waals surface area contributed by atoms with Gasteiger partial charge in [-0.05, 0) is 30.8 Å². The van der Waals surface area contributed by atoms with Crippen LogP contribution in [0, 0.1) is 5.41 Å². The van der Waals surface area contributed by atoms with Gasteiger partial charge in [0.2, 0.25) is 11.8 Å². The van der Waals surface area contributed by atoms with Gasteiger partial charge in [0.25, 0.3) is 0 Å². The van der Waals surface area contributed by atoms with Crippen LogP contribution in [0.25, 0.3) is 0 Å². The lowest BCUT2D eigenvalue weighted by Gasteiger charge is -2.49. The summed E-state index contributed by atoms with van der Waals surface area (Å²) in [4.78, 5) is 27.5.